The van der Waals surface area contributed by atoms with Gasteiger partial charge < -0.3 is 15.3 Å². The first-order valence-electron chi connectivity index (χ1n) is 3.94. The van der Waals surface area contributed by atoms with Crippen molar-refractivity contribution in [2.24, 2.45) is 0 Å². The maximum Gasteiger partial charge on any atom is 0.232 e. The number of nitrogens with zero attached hydrogens (tertiary/aromatic N) is 2. The van der Waals surface area contributed by atoms with E-state index in [-0.39, 0.29) is 6.61 Å². The summed E-state index contributed by atoms with van der Waals surface area (Å²) in [6, 6.07) is 0. The molecule has 3 N–H and O–H groups in total. The first-order chi connectivity index (χ1) is 6.76. The van der Waals surface area contributed by atoms with Crippen LogP contribution in [-0.4, -0.2) is 21.3 Å². The smallest absolute Gasteiger partial charge is 0.232 e. The molecule has 5 nitrogen and oxygen atoms in total. The summed E-state index contributed by atoms with van der Waals surface area (Å²) in [7, 11) is 0. The number of hydrogen-bond donors (Lipinski definition) is 2. The van der Waals surface area contributed by atoms with Gasteiger partial charge in [-0.1, -0.05) is 11.8 Å². The Labute approximate surface area is 84.3 Å². The number of hydrogen-bond acceptors (Lipinski definition) is 6. The average Bonchev–Trinajstić information content (AvgIpc) is 2.61. The topological polar surface area (TPSA) is 85.2 Å². The molecule has 0 radical (unpaired) electrons. The van der Waals surface area contributed by atoms with E-state index >= 15 is 0 Å². The Morgan fingerprint density at radius 1 is 1.57 bits per heavy atom. The van der Waals surface area contributed by atoms with E-state index in [1.807, 2.05) is 6.26 Å². The zero-order chi connectivity index (χ0) is 10.1. The lowest BCUT2D eigenvalue weighted by atomic mass is 10.2. The highest BCUT2D eigenvalue weighted by molar-refractivity contribution is 7.98. The Kier molecular flexibility index (Phi) is 2.30. The van der Waals surface area contributed by atoms with Crippen molar-refractivity contribution in [3.8, 4) is 0 Å². The first kappa shape index (κ1) is 9.29. The predicted molar refractivity (Wildman–Crippen MR) is 53.9 cm³/mol. The average molecular weight is 211 g/mol. The van der Waals surface area contributed by atoms with Crippen molar-refractivity contribution in [2.45, 2.75) is 11.8 Å². The molecular formula is C8H9N3O2S. The van der Waals surface area contributed by atoms with Crippen molar-refractivity contribution in [2.75, 3.05) is 12.0 Å². The maximum atomic E-state index is 9.00. The van der Waals surface area contributed by atoms with Crippen molar-refractivity contribution in [3.05, 3.63) is 11.8 Å². The molecule has 0 amide bonds. The third-order valence-corrected chi connectivity index (χ3v) is 2.42. The molecule has 14 heavy (non-hydrogen) atoms. The second-order valence-electron chi connectivity index (χ2n) is 2.69. The molecule has 0 saturated heterocycles. The van der Waals surface area contributed by atoms with E-state index in [1.54, 1.807) is 0 Å². The summed E-state index contributed by atoms with van der Waals surface area (Å²) in [5.41, 5.74) is 6.76. The van der Waals surface area contributed by atoms with Crippen LogP contribution in [-0.2, 0) is 6.61 Å². The molecule has 0 bridgehead atoms. The molecule has 0 aliphatic rings. The molecule has 0 atom stereocenters. The van der Waals surface area contributed by atoms with Crippen LogP contribution in [0.3, 0.4) is 0 Å². The third kappa shape index (κ3) is 1.32. The Hall–Kier alpha value is -1.27. The molecule has 2 rings (SSSR count). The highest BCUT2D eigenvalue weighted by Gasteiger charge is 2.12. The molecule has 0 spiro atoms. The van der Waals surface area contributed by atoms with Gasteiger partial charge in [-0.05, 0) is 6.26 Å². The minimum absolute atomic E-state index is 0.126. The van der Waals surface area contributed by atoms with E-state index in [2.05, 4.69) is 9.97 Å². The molecular weight excluding hydrogens is 202 g/mol. The van der Waals surface area contributed by atoms with Gasteiger partial charge in [0.1, 0.15) is 5.82 Å². The van der Waals surface area contributed by atoms with E-state index in [1.165, 1.54) is 18.0 Å². The van der Waals surface area contributed by atoms with Gasteiger partial charge in [0.2, 0.25) is 5.71 Å². The number of fused-ring (bicyclic) bond motifs is 1. The van der Waals surface area contributed by atoms with Crippen LogP contribution >= 0.6 is 11.8 Å². The van der Waals surface area contributed by atoms with Gasteiger partial charge in [0.25, 0.3) is 0 Å². The molecule has 2 heterocycles. The fourth-order valence-corrected chi connectivity index (χ4v) is 1.58. The zero-order valence-corrected chi connectivity index (χ0v) is 8.34. The number of aliphatic hydroxyl groups is 1. The van der Waals surface area contributed by atoms with Gasteiger partial charge in [-0.2, -0.15) is 4.98 Å². The second-order valence-corrected chi connectivity index (χ2v) is 3.47. The largest absolute Gasteiger partial charge is 0.446 e. The number of aliphatic hydroxyl groups excluding tert-OH is 1. The normalized spacial score (nSPS) is 11.0. The number of nitrogens with two attached hydrogens (primary N) is 1. The minimum Gasteiger partial charge on any atom is -0.446 e. The fraction of sp³-hybridized carbons (Fsp3) is 0.250. The number of nitrogen functional groups attached to an aromatic ring is 1. The molecule has 0 unspecified atom stereocenters. The summed E-state index contributed by atoms with van der Waals surface area (Å²) in [6.45, 7) is -0.126. The number of thioether (sulfide) groups is 1. The number of furan rings is 1. The van der Waals surface area contributed by atoms with E-state index in [4.69, 9.17) is 15.3 Å². The Bertz CT molecular complexity index is 469. The van der Waals surface area contributed by atoms with Crippen LogP contribution in [0.2, 0.25) is 0 Å². The van der Waals surface area contributed by atoms with Crippen LogP contribution in [0, 0.1) is 0 Å². The van der Waals surface area contributed by atoms with E-state index in [9.17, 15) is 0 Å². The maximum absolute atomic E-state index is 9.00. The standard InChI is InChI=1S/C8H9N3O2S/c1-14-8-10-6(9)5-4(2-12)3-13-7(5)11-8/h3,12H,2H2,1H3,(H2,9,10,11). The van der Waals surface area contributed by atoms with Gasteiger partial charge in [0.05, 0.1) is 18.3 Å². The lowest BCUT2D eigenvalue weighted by Gasteiger charge is -1.98. The summed E-state index contributed by atoms with van der Waals surface area (Å²) in [6.07, 6.45) is 3.30. The molecule has 0 saturated carbocycles. The molecule has 2 aromatic heterocycles. The third-order valence-electron chi connectivity index (χ3n) is 1.87. The van der Waals surface area contributed by atoms with Gasteiger partial charge in [0, 0.05) is 5.56 Å². The van der Waals surface area contributed by atoms with E-state index < -0.39 is 0 Å². The van der Waals surface area contributed by atoms with Crippen LogP contribution in [0.1, 0.15) is 5.56 Å². The van der Waals surface area contributed by atoms with Crippen LogP contribution in [0.15, 0.2) is 15.8 Å². The number of rotatable bonds is 2. The second kappa shape index (κ2) is 3.47. The van der Waals surface area contributed by atoms with Crippen molar-refractivity contribution < 1.29 is 9.52 Å². The van der Waals surface area contributed by atoms with Gasteiger partial charge in [-0.25, -0.2) is 4.98 Å². The summed E-state index contributed by atoms with van der Waals surface area (Å²) in [5, 5.41) is 10.2. The molecule has 6 heteroatoms. The highest BCUT2D eigenvalue weighted by atomic mass is 32.2. The van der Waals surface area contributed by atoms with E-state index in [0.717, 1.165) is 0 Å². The highest BCUT2D eigenvalue weighted by Crippen LogP contribution is 2.26. The van der Waals surface area contributed by atoms with Crippen molar-refractivity contribution in [3.63, 3.8) is 0 Å². The van der Waals surface area contributed by atoms with Gasteiger partial charge >= 0.3 is 0 Å². The zero-order valence-electron chi connectivity index (χ0n) is 7.52. The van der Waals surface area contributed by atoms with E-state index in [0.29, 0.717) is 27.6 Å². The van der Waals surface area contributed by atoms with Crippen molar-refractivity contribution in [1.82, 2.24) is 9.97 Å². The molecule has 74 valence electrons. The van der Waals surface area contributed by atoms with Gasteiger partial charge in [-0.3, -0.25) is 0 Å². The quantitative estimate of drug-likeness (QED) is 0.569. The van der Waals surface area contributed by atoms with Crippen LogP contribution in [0.5, 0.6) is 0 Å². The molecule has 0 fully saturated rings. The molecule has 0 aromatic carbocycles. The molecule has 0 aliphatic carbocycles. The summed E-state index contributed by atoms with van der Waals surface area (Å²) >= 11 is 1.39. The lowest BCUT2D eigenvalue weighted by molar-refractivity contribution is 0.282. The Balaban J connectivity index is 2.72. The molecule has 2 aromatic rings. The Morgan fingerprint density at radius 3 is 3.00 bits per heavy atom. The lowest BCUT2D eigenvalue weighted by Crippen LogP contribution is -1.96. The molecule has 0 aliphatic heterocycles. The van der Waals surface area contributed by atoms with Gasteiger partial charge in [-0.15, -0.1) is 0 Å². The minimum atomic E-state index is -0.126. The summed E-state index contributed by atoms with van der Waals surface area (Å²) in [5.74, 6) is 0.345. The monoisotopic (exact) mass is 211 g/mol. The van der Waals surface area contributed by atoms with Crippen LogP contribution in [0.4, 0.5) is 5.82 Å². The van der Waals surface area contributed by atoms with Crippen molar-refractivity contribution >= 4 is 28.7 Å². The van der Waals surface area contributed by atoms with Crippen molar-refractivity contribution in [1.29, 1.82) is 0 Å². The van der Waals surface area contributed by atoms with Crippen LogP contribution in [0.25, 0.3) is 11.1 Å². The van der Waals surface area contributed by atoms with Crippen LogP contribution < -0.4 is 5.73 Å². The predicted octanol–water partition coefficient (Wildman–Crippen LogP) is 1.02. The summed E-state index contributed by atoms with van der Waals surface area (Å²) in [4.78, 5) is 8.18. The summed E-state index contributed by atoms with van der Waals surface area (Å²) < 4.78 is 5.16. The fourth-order valence-electron chi connectivity index (χ4n) is 1.22. The first-order valence-corrected chi connectivity index (χ1v) is 5.17. The Morgan fingerprint density at radius 2 is 2.36 bits per heavy atom. The van der Waals surface area contributed by atoms with Gasteiger partial charge in [0.15, 0.2) is 5.16 Å². The number of anilines is 1. The SMILES string of the molecule is CSc1nc(N)c2c(CO)coc2n1. The number of aromatic nitrogens is 2.